The van der Waals surface area contributed by atoms with Gasteiger partial charge in [0, 0.05) is 6.20 Å². The Morgan fingerprint density at radius 1 is 1.50 bits per heavy atom. The molecule has 0 bridgehead atoms. The lowest BCUT2D eigenvalue weighted by atomic mass is 10.1. The molecule has 0 atom stereocenters. The van der Waals surface area contributed by atoms with E-state index in [-0.39, 0.29) is 0 Å². The molecule has 5 nitrogen and oxygen atoms in total. The minimum atomic E-state index is -5.01. The smallest absolute Gasteiger partial charge is 0.478 e. The largest absolute Gasteiger partial charge is 0.573 e. The van der Waals surface area contributed by atoms with E-state index in [0.717, 1.165) is 6.20 Å². The number of nitrogens with zero attached hydrogens (tertiary/aromatic N) is 2. The molecule has 0 amide bonds. The van der Waals surface area contributed by atoms with Gasteiger partial charge in [-0.3, -0.25) is 4.98 Å². The molecule has 0 radical (unpaired) electrons. The molecule has 1 heterocycles. The summed E-state index contributed by atoms with van der Waals surface area (Å²) in [5, 5.41) is 17.1. The van der Waals surface area contributed by atoms with Gasteiger partial charge in [0.25, 0.3) is 0 Å². The Morgan fingerprint density at radius 3 is 2.56 bits per heavy atom. The first kappa shape index (κ1) is 11.8. The number of pyridine rings is 1. The second kappa shape index (κ2) is 4.06. The molecular weight excluding hydrogens is 229 g/mol. The van der Waals surface area contributed by atoms with Crippen LogP contribution in [0.4, 0.5) is 13.2 Å². The van der Waals surface area contributed by atoms with Crippen molar-refractivity contribution in [2.24, 2.45) is 0 Å². The maximum atomic E-state index is 11.9. The normalized spacial score (nSPS) is 10.6. The van der Waals surface area contributed by atoms with Gasteiger partial charge in [0.2, 0.25) is 0 Å². The maximum absolute atomic E-state index is 11.9. The molecule has 0 unspecified atom stereocenters. The van der Waals surface area contributed by atoms with Gasteiger partial charge in [0.15, 0.2) is 5.75 Å². The molecule has 84 valence electrons. The minimum absolute atomic E-state index is 0.623. The summed E-state index contributed by atoms with van der Waals surface area (Å²) in [4.78, 5) is 13.8. The molecule has 0 fully saturated rings. The quantitative estimate of drug-likeness (QED) is 0.836. The Hall–Kier alpha value is -2.30. The van der Waals surface area contributed by atoms with Crippen LogP contribution in [0, 0.1) is 11.3 Å². The molecule has 16 heavy (non-hydrogen) atoms. The number of aromatic nitrogens is 1. The van der Waals surface area contributed by atoms with Crippen LogP contribution in [0.15, 0.2) is 12.4 Å². The summed E-state index contributed by atoms with van der Waals surface area (Å²) in [5.41, 5.74) is -1.37. The molecule has 0 aliphatic carbocycles. The predicted octanol–water partition coefficient (Wildman–Crippen LogP) is 1.55. The number of hydrogen-bond acceptors (Lipinski definition) is 4. The molecule has 0 aliphatic rings. The van der Waals surface area contributed by atoms with Crippen LogP contribution in [0.5, 0.6) is 5.75 Å². The van der Waals surface area contributed by atoms with Gasteiger partial charge in [-0.2, -0.15) is 5.26 Å². The van der Waals surface area contributed by atoms with Gasteiger partial charge in [0.05, 0.1) is 11.8 Å². The van der Waals surface area contributed by atoms with E-state index in [9.17, 15) is 18.0 Å². The van der Waals surface area contributed by atoms with Gasteiger partial charge >= 0.3 is 12.3 Å². The fourth-order valence-electron chi connectivity index (χ4n) is 0.921. The molecule has 0 saturated heterocycles. The second-order valence-electron chi connectivity index (χ2n) is 2.52. The number of alkyl halides is 3. The fraction of sp³-hybridized carbons (Fsp3) is 0.125. The van der Waals surface area contributed by atoms with Crippen LogP contribution in [0.1, 0.15) is 15.9 Å². The SMILES string of the molecule is N#Cc1c(OC(F)(F)F)cncc1C(=O)O. The Balaban J connectivity index is 3.26. The third kappa shape index (κ3) is 2.60. The van der Waals surface area contributed by atoms with Crippen LogP contribution in [0.25, 0.3) is 0 Å². The number of carboxylic acid groups (broad SMARTS) is 1. The van der Waals surface area contributed by atoms with Gasteiger partial charge in [-0.1, -0.05) is 0 Å². The Bertz CT molecular complexity index is 465. The van der Waals surface area contributed by atoms with E-state index in [4.69, 9.17) is 10.4 Å². The summed E-state index contributed by atoms with van der Waals surface area (Å²) in [5.74, 6) is -2.49. The standard InChI is InChI=1S/C8H3F3N2O3/c9-8(10,11)16-6-3-13-2-5(7(14)15)4(6)1-12/h2-3H,(H,14,15). The molecule has 1 N–H and O–H groups in total. The number of hydrogen-bond donors (Lipinski definition) is 1. The van der Waals surface area contributed by atoms with Crippen LogP contribution in [0.3, 0.4) is 0 Å². The summed E-state index contributed by atoms with van der Waals surface area (Å²) < 4.78 is 39.1. The molecule has 0 aromatic carbocycles. The first-order valence-electron chi connectivity index (χ1n) is 3.72. The first-order valence-corrected chi connectivity index (χ1v) is 3.72. The van der Waals surface area contributed by atoms with E-state index in [1.165, 1.54) is 6.07 Å². The van der Waals surface area contributed by atoms with Crippen molar-refractivity contribution in [2.45, 2.75) is 6.36 Å². The van der Waals surface area contributed by atoms with Crippen molar-refractivity contribution in [1.29, 1.82) is 5.26 Å². The summed E-state index contributed by atoms with van der Waals surface area (Å²) in [7, 11) is 0. The van der Waals surface area contributed by atoms with E-state index < -0.39 is 29.2 Å². The Morgan fingerprint density at radius 2 is 2.12 bits per heavy atom. The van der Waals surface area contributed by atoms with E-state index in [0.29, 0.717) is 6.20 Å². The Kier molecular flexibility index (Phi) is 2.99. The monoisotopic (exact) mass is 232 g/mol. The molecule has 1 aromatic heterocycles. The highest BCUT2D eigenvalue weighted by atomic mass is 19.4. The van der Waals surface area contributed by atoms with Crippen molar-refractivity contribution < 1.29 is 27.8 Å². The van der Waals surface area contributed by atoms with Crippen molar-refractivity contribution >= 4 is 5.97 Å². The average Bonchev–Trinajstić information content (AvgIpc) is 2.14. The van der Waals surface area contributed by atoms with Crippen LogP contribution >= 0.6 is 0 Å². The average molecular weight is 232 g/mol. The van der Waals surface area contributed by atoms with Gasteiger partial charge in [-0.05, 0) is 0 Å². The predicted molar refractivity (Wildman–Crippen MR) is 42.6 cm³/mol. The van der Waals surface area contributed by atoms with Gasteiger partial charge < -0.3 is 9.84 Å². The first-order chi connectivity index (χ1) is 7.35. The lowest BCUT2D eigenvalue weighted by Gasteiger charge is -2.10. The Labute approximate surface area is 86.7 Å². The number of carboxylic acids is 1. The summed E-state index contributed by atoms with van der Waals surface area (Å²) in [6, 6.07) is 1.32. The highest BCUT2D eigenvalue weighted by Gasteiger charge is 2.33. The van der Waals surface area contributed by atoms with E-state index in [2.05, 4.69) is 9.72 Å². The van der Waals surface area contributed by atoms with Gasteiger partial charge in [0.1, 0.15) is 11.6 Å². The number of carbonyl (C=O) groups is 1. The number of aromatic carboxylic acids is 1. The molecule has 1 rings (SSSR count). The van der Waals surface area contributed by atoms with Crippen molar-refractivity contribution in [3.8, 4) is 11.8 Å². The maximum Gasteiger partial charge on any atom is 0.573 e. The van der Waals surface area contributed by atoms with Gasteiger partial charge in [-0.25, -0.2) is 4.79 Å². The van der Waals surface area contributed by atoms with E-state index in [1.807, 2.05) is 0 Å². The lowest BCUT2D eigenvalue weighted by Crippen LogP contribution is -2.19. The van der Waals surface area contributed by atoms with E-state index >= 15 is 0 Å². The molecule has 0 saturated carbocycles. The zero-order valence-electron chi connectivity index (χ0n) is 7.45. The van der Waals surface area contributed by atoms with E-state index in [1.54, 1.807) is 0 Å². The van der Waals surface area contributed by atoms with Crippen molar-refractivity contribution in [1.82, 2.24) is 4.98 Å². The highest BCUT2D eigenvalue weighted by Crippen LogP contribution is 2.26. The summed E-state index contributed by atoms with van der Waals surface area (Å²) in [6.07, 6.45) is -3.62. The van der Waals surface area contributed by atoms with Crippen LogP contribution in [-0.2, 0) is 0 Å². The summed E-state index contributed by atoms with van der Waals surface area (Å²) >= 11 is 0. The minimum Gasteiger partial charge on any atom is -0.478 e. The van der Waals surface area contributed by atoms with Crippen molar-refractivity contribution in [2.75, 3.05) is 0 Å². The second-order valence-corrected chi connectivity index (χ2v) is 2.52. The molecule has 1 aromatic rings. The van der Waals surface area contributed by atoms with Crippen LogP contribution < -0.4 is 4.74 Å². The zero-order chi connectivity index (χ0) is 12.3. The number of ether oxygens (including phenoxy) is 1. The molecule has 8 heteroatoms. The van der Waals surface area contributed by atoms with Crippen molar-refractivity contribution in [3.05, 3.63) is 23.5 Å². The molecule has 0 spiro atoms. The van der Waals surface area contributed by atoms with Crippen LogP contribution in [0.2, 0.25) is 0 Å². The van der Waals surface area contributed by atoms with Crippen molar-refractivity contribution in [3.63, 3.8) is 0 Å². The van der Waals surface area contributed by atoms with Crippen LogP contribution in [-0.4, -0.2) is 22.4 Å². The molecular formula is C8H3F3N2O3. The third-order valence-electron chi connectivity index (χ3n) is 1.48. The zero-order valence-corrected chi connectivity index (χ0v) is 7.45. The summed E-state index contributed by atoms with van der Waals surface area (Å²) in [6.45, 7) is 0. The molecule has 0 aliphatic heterocycles. The lowest BCUT2D eigenvalue weighted by molar-refractivity contribution is -0.274. The van der Waals surface area contributed by atoms with Gasteiger partial charge in [-0.15, -0.1) is 13.2 Å². The number of halogens is 3. The fourth-order valence-corrected chi connectivity index (χ4v) is 0.921. The topological polar surface area (TPSA) is 83.2 Å². The number of nitriles is 1. The highest BCUT2D eigenvalue weighted by molar-refractivity contribution is 5.91. The third-order valence-corrected chi connectivity index (χ3v) is 1.48. The number of rotatable bonds is 2.